The van der Waals surface area contributed by atoms with Gasteiger partial charge in [0.15, 0.2) is 0 Å². The van der Waals surface area contributed by atoms with Gasteiger partial charge in [-0.15, -0.1) is 6.58 Å². The first-order chi connectivity index (χ1) is 21.1. The summed E-state index contributed by atoms with van der Waals surface area (Å²) in [4.78, 5) is 0. The zero-order valence-corrected chi connectivity index (χ0v) is 25.4. The quantitative estimate of drug-likeness (QED) is 0.0966. The van der Waals surface area contributed by atoms with Crippen molar-refractivity contribution in [3.8, 4) is 44.5 Å². The first kappa shape index (κ1) is 30.0. The second-order valence-corrected chi connectivity index (χ2v) is 11.1. The van der Waals surface area contributed by atoms with Crippen molar-refractivity contribution in [2.24, 2.45) is 0 Å². The van der Waals surface area contributed by atoms with Crippen LogP contribution in [0, 0.1) is 0 Å². The molecule has 0 bridgehead atoms. The van der Waals surface area contributed by atoms with Gasteiger partial charge in [0.25, 0.3) is 0 Å². The van der Waals surface area contributed by atoms with Crippen LogP contribution in [0.1, 0.15) is 43.7 Å². The smallest absolute Gasteiger partial charge is 0.0644 e. The first-order valence-corrected chi connectivity index (χ1v) is 15.5. The third-order valence-corrected chi connectivity index (χ3v) is 8.08. The molecule has 216 valence electrons. The van der Waals surface area contributed by atoms with E-state index in [1.807, 2.05) is 0 Å². The number of hydrogen-bond acceptors (Lipinski definition) is 1. The SMILES string of the molecule is C=CCOCCCCCc1ccc(-c2cccc(-c3cccc(-c4cccc(-c5ccc(C(=C)CC)cc5)c4)c3)c2)cc1. The van der Waals surface area contributed by atoms with Crippen LogP contribution in [0.25, 0.3) is 50.1 Å². The van der Waals surface area contributed by atoms with Crippen LogP contribution in [0.2, 0.25) is 0 Å². The van der Waals surface area contributed by atoms with Gasteiger partial charge >= 0.3 is 0 Å². The molecule has 0 N–H and O–H groups in total. The molecule has 1 heteroatoms. The first-order valence-electron chi connectivity index (χ1n) is 15.5. The number of hydrogen-bond donors (Lipinski definition) is 0. The molecule has 0 heterocycles. The Hall–Kier alpha value is -4.46. The van der Waals surface area contributed by atoms with Crippen LogP contribution in [0.15, 0.2) is 141 Å². The fraction of sp³-hybridized carbons (Fsp3) is 0.190. The van der Waals surface area contributed by atoms with E-state index in [9.17, 15) is 0 Å². The van der Waals surface area contributed by atoms with Gasteiger partial charge in [-0.3, -0.25) is 0 Å². The highest BCUT2D eigenvalue weighted by atomic mass is 16.5. The summed E-state index contributed by atoms with van der Waals surface area (Å²) in [7, 11) is 0. The van der Waals surface area contributed by atoms with Crippen molar-refractivity contribution in [2.75, 3.05) is 13.2 Å². The predicted octanol–water partition coefficient (Wildman–Crippen LogP) is 11.7. The predicted molar refractivity (Wildman–Crippen MR) is 186 cm³/mol. The van der Waals surface area contributed by atoms with Gasteiger partial charge in [0.1, 0.15) is 0 Å². The average Bonchev–Trinajstić information content (AvgIpc) is 3.08. The summed E-state index contributed by atoms with van der Waals surface area (Å²) in [5, 5.41) is 0. The minimum atomic E-state index is 0.647. The maximum atomic E-state index is 5.48. The van der Waals surface area contributed by atoms with Crippen LogP contribution >= 0.6 is 0 Å². The van der Waals surface area contributed by atoms with E-state index in [4.69, 9.17) is 4.74 Å². The summed E-state index contributed by atoms with van der Waals surface area (Å²) in [5.41, 5.74) is 13.6. The fourth-order valence-electron chi connectivity index (χ4n) is 5.48. The minimum absolute atomic E-state index is 0.647. The molecule has 0 atom stereocenters. The van der Waals surface area contributed by atoms with Crippen molar-refractivity contribution in [1.29, 1.82) is 0 Å². The molecule has 0 spiro atoms. The Morgan fingerprint density at radius 3 is 1.51 bits per heavy atom. The Morgan fingerprint density at radius 1 is 0.581 bits per heavy atom. The molecule has 0 unspecified atom stereocenters. The van der Waals surface area contributed by atoms with Gasteiger partial charge in [-0.1, -0.05) is 129 Å². The Morgan fingerprint density at radius 2 is 1.05 bits per heavy atom. The number of aryl methyl sites for hydroxylation is 1. The highest BCUT2D eigenvalue weighted by Gasteiger charge is 2.07. The zero-order chi connectivity index (χ0) is 29.9. The lowest BCUT2D eigenvalue weighted by Gasteiger charge is -2.11. The van der Waals surface area contributed by atoms with Crippen molar-refractivity contribution in [3.05, 3.63) is 152 Å². The largest absolute Gasteiger partial charge is 0.377 e. The molecule has 0 aromatic heterocycles. The summed E-state index contributed by atoms with van der Waals surface area (Å²) in [5.74, 6) is 0. The van der Waals surface area contributed by atoms with E-state index < -0.39 is 0 Å². The summed E-state index contributed by atoms with van der Waals surface area (Å²) in [6.45, 7) is 11.5. The highest BCUT2D eigenvalue weighted by molar-refractivity contribution is 5.79. The number of ether oxygens (including phenoxy) is 1. The van der Waals surface area contributed by atoms with E-state index in [-0.39, 0.29) is 0 Å². The molecule has 0 amide bonds. The second-order valence-electron chi connectivity index (χ2n) is 11.1. The summed E-state index contributed by atoms with van der Waals surface area (Å²) < 4.78 is 5.48. The second kappa shape index (κ2) is 15.1. The van der Waals surface area contributed by atoms with Crippen molar-refractivity contribution >= 4 is 5.57 Å². The van der Waals surface area contributed by atoms with E-state index >= 15 is 0 Å². The van der Waals surface area contributed by atoms with E-state index in [1.54, 1.807) is 6.08 Å². The number of benzene rings is 5. The van der Waals surface area contributed by atoms with Crippen LogP contribution in [-0.4, -0.2) is 13.2 Å². The van der Waals surface area contributed by atoms with Crippen LogP contribution in [0.5, 0.6) is 0 Å². The number of rotatable bonds is 14. The molecule has 5 aromatic carbocycles. The van der Waals surface area contributed by atoms with E-state index in [2.05, 4.69) is 141 Å². The molecule has 0 aliphatic rings. The van der Waals surface area contributed by atoms with E-state index in [1.165, 1.54) is 74.0 Å². The van der Waals surface area contributed by atoms with Crippen LogP contribution < -0.4 is 0 Å². The lowest BCUT2D eigenvalue weighted by molar-refractivity contribution is 0.157. The molecule has 5 aromatic rings. The molecule has 0 radical (unpaired) electrons. The lowest BCUT2D eigenvalue weighted by Crippen LogP contribution is -1.94. The third-order valence-electron chi connectivity index (χ3n) is 8.08. The molecular formula is C42H42O. The van der Waals surface area contributed by atoms with Crippen molar-refractivity contribution in [1.82, 2.24) is 0 Å². The molecule has 0 aliphatic heterocycles. The Labute approximate surface area is 258 Å². The lowest BCUT2D eigenvalue weighted by atomic mass is 9.94. The summed E-state index contributed by atoms with van der Waals surface area (Å²) in [6.07, 6.45) is 7.36. The molecule has 0 saturated carbocycles. The number of allylic oxidation sites excluding steroid dienone is 1. The summed E-state index contributed by atoms with van der Waals surface area (Å²) in [6, 6.07) is 44.4. The van der Waals surface area contributed by atoms with Crippen LogP contribution in [0.3, 0.4) is 0 Å². The minimum Gasteiger partial charge on any atom is -0.377 e. The molecule has 0 aliphatic carbocycles. The van der Waals surface area contributed by atoms with Crippen LogP contribution in [0.4, 0.5) is 0 Å². The Balaban J connectivity index is 1.27. The van der Waals surface area contributed by atoms with Gasteiger partial charge in [0, 0.05) is 6.61 Å². The normalized spacial score (nSPS) is 10.9. The molecule has 1 nitrogen and oxygen atoms in total. The topological polar surface area (TPSA) is 9.23 Å². The van der Waals surface area contributed by atoms with E-state index in [0.717, 1.165) is 25.9 Å². The summed E-state index contributed by atoms with van der Waals surface area (Å²) >= 11 is 0. The fourth-order valence-corrected chi connectivity index (χ4v) is 5.48. The van der Waals surface area contributed by atoms with Gasteiger partial charge in [0.05, 0.1) is 6.61 Å². The average molecular weight is 563 g/mol. The van der Waals surface area contributed by atoms with Crippen molar-refractivity contribution in [2.45, 2.75) is 39.0 Å². The van der Waals surface area contributed by atoms with Crippen molar-refractivity contribution < 1.29 is 4.74 Å². The molecule has 43 heavy (non-hydrogen) atoms. The number of unbranched alkanes of at least 4 members (excludes halogenated alkanes) is 2. The molecule has 0 saturated heterocycles. The Kier molecular flexibility index (Phi) is 10.6. The molecule has 0 fully saturated rings. The standard InChI is InChI=1S/C42H42O/c1-4-27-43-28-8-6-7-12-33-19-21-35(22-20-33)37-13-9-15-39(29-37)41-17-11-18-42(31-41)40-16-10-14-38(30-40)36-25-23-34(24-26-36)32(3)5-2/h4,9-11,13-26,29-31H,1,3,5-8,12,27-28H2,2H3. The maximum Gasteiger partial charge on any atom is 0.0644 e. The van der Waals surface area contributed by atoms with E-state index in [0.29, 0.717) is 6.61 Å². The van der Waals surface area contributed by atoms with Crippen molar-refractivity contribution in [3.63, 3.8) is 0 Å². The van der Waals surface area contributed by atoms with Gasteiger partial charge in [-0.05, 0) is 105 Å². The van der Waals surface area contributed by atoms with Gasteiger partial charge in [0.2, 0.25) is 0 Å². The monoisotopic (exact) mass is 562 g/mol. The van der Waals surface area contributed by atoms with Gasteiger partial charge < -0.3 is 4.74 Å². The van der Waals surface area contributed by atoms with Gasteiger partial charge in [-0.25, -0.2) is 0 Å². The third kappa shape index (κ3) is 8.09. The molecule has 5 rings (SSSR count). The zero-order valence-electron chi connectivity index (χ0n) is 25.4. The van der Waals surface area contributed by atoms with Gasteiger partial charge in [-0.2, -0.15) is 0 Å². The maximum absolute atomic E-state index is 5.48. The van der Waals surface area contributed by atoms with Crippen LogP contribution in [-0.2, 0) is 11.2 Å². The molecular weight excluding hydrogens is 520 g/mol. The highest BCUT2D eigenvalue weighted by Crippen LogP contribution is 2.32. The Bertz CT molecular complexity index is 1640.